The summed E-state index contributed by atoms with van der Waals surface area (Å²) in [5, 5.41) is 0. The molecule has 14 heavy (non-hydrogen) atoms. The lowest BCUT2D eigenvalue weighted by Crippen LogP contribution is -2.08. The Bertz CT molecular complexity index is 424. The minimum Gasteiger partial charge on any atom is -0.229 e. The zero-order chi connectivity index (χ0) is 10.9. The standard InChI is InChI=1S/C7H7Br3O2S2/c1-14(11,12)3-5(8)4-2-6(9)13-7(4)10/h2,5H,3H2,1H3. The van der Waals surface area contributed by atoms with Gasteiger partial charge in [-0.15, -0.1) is 11.3 Å². The maximum Gasteiger partial charge on any atom is 0.148 e. The predicted octanol–water partition coefficient (Wildman–Crippen LogP) is 3.75. The highest BCUT2D eigenvalue weighted by Gasteiger charge is 2.18. The van der Waals surface area contributed by atoms with E-state index in [2.05, 4.69) is 47.8 Å². The van der Waals surface area contributed by atoms with Crippen LogP contribution in [0.25, 0.3) is 0 Å². The lowest BCUT2D eigenvalue weighted by molar-refractivity contribution is 0.601. The number of rotatable bonds is 3. The first-order valence-electron chi connectivity index (χ1n) is 3.56. The average molecular weight is 427 g/mol. The molecule has 0 spiro atoms. The van der Waals surface area contributed by atoms with E-state index in [0.29, 0.717) is 0 Å². The van der Waals surface area contributed by atoms with Crippen molar-refractivity contribution >= 4 is 69.0 Å². The topological polar surface area (TPSA) is 34.1 Å². The van der Waals surface area contributed by atoms with Crippen LogP contribution in [0.4, 0.5) is 0 Å². The third-order valence-electron chi connectivity index (χ3n) is 1.47. The molecule has 0 bridgehead atoms. The van der Waals surface area contributed by atoms with Gasteiger partial charge in [0.05, 0.1) is 18.2 Å². The lowest BCUT2D eigenvalue weighted by Gasteiger charge is -2.06. The third kappa shape index (κ3) is 3.92. The molecule has 0 aliphatic rings. The molecule has 80 valence electrons. The normalized spacial score (nSPS) is 14.3. The molecule has 0 saturated carbocycles. The molecular formula is C7H7Br3O2S2. The molecule has 1 heterocycles. The Morgan fingerprint density at radius 3 is 2.43 bits per heavy atom. The van der Waals surface area contributed by atoms with E-state index < -0.39 is 9.84 Å². The molecule has 7 heteroatoms. The van der Waals surface area contributed by atoms with E-state index in [0.717, 1.165) is 13.1 Å². The van der Waals surface area contributed by atoms with Crippen LogP contribution in [-0.2, 0) is 9.84 Å². The molecular weight excluding hydrogens is 420 g/mol. The van der Waals surface area contributed by atoms with Crippen molar-refractivity contribution in [2.24, 2.45) is 0 Å². The van der Waals surface area contributed by atoms with Crippen LogP contribution in [0.1, 0.15) is 10.4 Å². The Morgan fingerprint density at radius 1 is 1.50 bits per heavy atom. The summed E-state index contributed by atoms with van der Waals surface area (Å²) in [4.78, 5) is -0.158. The van der Waals surface area contributed by atoms with Gasteiger partial charge in [0.15, 0.2) is 0 Å². The van der Waals surface area contributed by atoms with Crippen molar-refractivity contribution in [2.75, 3.05) is 12.0 Å². The van der Waals surface area contributed by atoms with E-state index >= 15 is 0 Å². The maximum absolute atomic E-state index is 11.1. The largest absolute Gasteiger partial charge is 0.229 e. The molecule has 0 saturated heterocycles. The van der Waals surface area contributed by atoms with E-state index in [4.69, 9.17) is 0 Å². The van der Waals surface area contributed by atoms with Crippen molar-refractivity contribution in [3.8, 4) is 0 Å². The summed E-state index contributed by atoms with van der Waals surface area (Å²) >= 11 is 11.6. The molecule has 0 fully saturated rings. The third-order valence-corrected chi connectivity index (χ3v) is 6.04. The van der Waals surface area contributed by atoms with Gasteiger partial charge in [0.1, 0.15) is 9.84 Å². The minimum absolute atomic E-state index is 0.106. The molecule has 1 atom stereocenters. The van der Waals surface area contributed by atoms with Gasteiger partial charge in [-0.3, -0.25) is 0 Å². The smallest absolute Gasteiger partial charge is 0.148 e. The van der Waals surface area contributed by atoms with E-state index in [1.54, 1.807) is 0 Å². The fourth-order valence-corrected chi connectivity index (χ4v) is 6.87. The first-order valence-corrected chi connectivity index (χ1v) is 8.94. The Balaban J connectivity index is 2.90. The molecule has 0 aliphatic carbocycles. The zero-order valence-corrected chi connectivity index (χ0v) is 13.5. The van der Waals surface area contributed by atoms with Gasteiger partial charge in [0.25, 0.3) is 0 Å². The SMILES string of the molecule is CS(=O)(=O)CC(Br)c1cc(Br)sc1Br. The Kier molecular flexibility index (Phi) is 4.65. The predicted molar refractivity (Wildman–Crippen MR) is 71.1 cm³/mol. The van der Waals surface area contributed by atoms with Crippen molar-refractivity contribution in [3.05, 3.63) is 19.2 Å². The van der Waals surface area contributed by atoms with Gasteiger partial charge in [-0.1, -0.05) is 15.9 Å². The molecule has 0 radical (unpaired) electrons. The van der Waals surface area contributed by atoms with E-state index in [1.165, 1.54) is 17.6 Å². The van der Waals surface area contributed by atoms with Gasteiger partial charge in [0, 0.05) is 6.26 Å². The summed E-state index contributed by atoms with van der Waals surface area (Å²) in [6.45, 7) is 0. The summed E-state index contributed by atoms with van der Waals surface area (Å²) in [6, 6.07) is 1.92. The fraction of sp³-hybridized carbons (Fsp3) is 0.429. The van der Waals surface area contributed by atoms with Gasteiger partial charge in [0.2, 0.25) is 0 Å². The second kappa shape index (κ2) is 4.95. The Labute approximate surface area is 112 Å². The van der Waals surface area contributed by atoms with E-state index in [1.807, 2.05) is 6.07 Å². The van der Waals surface area contributed by atoms with Crippen LogP contribution in [0, 0.1) is 0 Å². The molecule has 0 aromatic carbocycles. The summed E-state index contributed by atoms with van der Waals surface area (Å²) in [5.74, 6) is 0.106. The van der Waals surface area contributed by atoms with Crippen LogP contribution < -0.4 is 0 Å². The van der Waals surface area contributed by atoms with Gasteiger partial charge >= 0.3 is 0 Å². The summed E-state index contributed by atoms with van der Waals surface area (Å²) in [6.07, 6.45) is 1.23. The van der Waals surface area contributed by atoms with E-state index in [9.17, 15) is 8.42 Å². The second-order valence-corrected chi connectivity index (χ2v) is 9.88. The molecule has 1 rings (SSSR count). The van der Waals surface area contributed by atoms with Crippen LogP contribution in [0.15, 0.2) is 13.6 Å². The van der Waals surface area contributed by atoms with Crippen molar-refractivity contribution in [2.45, 2.75) is 4.83 Å². The maximum atomic E-state index is 11.1. The van der Waals surface area contributed by atoms with Crippen molar-refractivity contribution in [3.63, 3.8) is 0 Å². The first-order chi connectivity index (χ1) is 6.29. The molecule has 1 aromatic rings. The number of thiophene rings is 1. The van der Waals surface area contributed by atoms with Crippen molar-refractivity contribution < 1.29 is 8.42 Å². The molecule has 2 nitrogen and oxygen atoms in total. The molecule has 0 amide bonds. The van der Waals surface area contributed by atoms with Crippen LogP contribution in [0.3, 0.4) is 0 Å². The molecule has 0 N–H and O–H groups in total. The Hall–Kier alpha value is 1.09. The number of halogens is 3. The van der Waals surface area contributed by atoms with Gasteiger partial charge in [-0.2, -0.15) is 0 Å². The van der Waals surface area contributed by atoms with Crippen LogP contribution in [0.5, 0.6) is 0 Å². The minimum atomic E-state index is -2.96. The van der Waals surface area contributed by atoms with Crippen molar-refractivity contribution in [1.82, 2.24) is 0 Å². The average Bonchev–Trinajstić information content (AvgIpc) is 2.26. The summed E-state index contributed by atoms with van der Waals surface area (Å²) in [7, 11) is -2.96. The number of hydrogen-bond acceptors (Lipinski definition) is 3. The zero-order valence-electron chi connectivity index (χ0n) is 7.13. The number of hydrogen-bond donors (Lipinski definition) is 0. The fourth-order valence-electron chi connectivity index (χ4n) is 0.922. The summed E-state index contributed by atoms with van der Waals surface area (Å²) < 4.78 is 24.1. The molecule has 1 unspecified atom stereocenters. The lowest BCUT2D eigenvalue weighted by atomic mass is 10.3. The van der Waals surface area contributed by atoms with E-state index in [-0.39, 0.29) is 10.6 Å². The Morgan fingerprint density at radius 2 is 2.07 bits per heavy atom. The van der Waals surface area contributed by atoms with Crippen LogP contribution in [0.2, 0.25) is 0 Å². The monoisotopic (exact) mass is 424 g/mol. The molecule has 0 aliphatic heterocycles. The number of sulfone groups is 1. The molecule has 1 aromatic heterocycles. The highest BCUT2D eigenvalue weighted by molar-refractivity contribution is 9.12. The highest BCUT2D eigenvalue weighted by Crippen LogP contribution is 2.39. The van der Waals surface area contributed by atoms with Gasteiger partial charge in [-0.25, -0.2) is 8.42 Å². The van der Waals surface area contributed by atoms with Gasteiger partial charge < -0.3 is 0 Å². The van der Waals surface area contributed by atoms with Crippen LogP contribution in [-0.4, -0.2) is 20.4 Å². The van der Waals surface area contributed by atoms with Crippen molar-refractivity contribution in [1.29, 1.82) is 0 Å². The first kappa shape index (κ1) is 13.2. The van der Waals surface area contributed by atoms with Gasteiger partial charge in [-0.05, 0) is 43.5 Å². The quantitative estimate of drug-likeness (QED) is 0.690. The number of alkyl halides is 1. The second-order valence-electron chi connectivity index (χ2n) is 2.84. The summed E-state index contributed by atoms with van der Waals surface area (Å²) in [5.41, 5.74) is 0.965. The van der Waals surface area contributed by atoms with Crippen LogP contribution >= 0.6 is 59.1 Å². The highest BCUT2D eigenvalue weighted by atomic mass is 79.9.